The zero-order valence-corrected chi connectivity index (χ0v) is 21.4. The number of hydrogen-bond acceptors (Lipinski definition) is 5. The van der Waals surface area contributed by atoms with E-state index < -0.39 is 5.97 Å². The number of carbonyl (C=O) groups is 2. The normalized spacial score (nSPS) is 16.8. The van der Waals surface area contributed by atoms with E-state index in [-0.39, 0.29) is 12.0 Å². The van der Waals surface area contributed by atoms with Crippen molar-refractivity contribution in [1.29, 1.82) is 0 Å². The largest absolute Gasteiger partial charge is 0.459 e. The van der Waals surface area contributed by atoms with Gasteiger partial charge in [0, 0.05) is 17.8 Å². The predicted molar refractivity (Wildman–Crippen MR) is 148 cm³/mol. The van der Waals surface area contributed by atoms with Crippen LogP contribution in [0.15, 0.2) is 72.8 Å². The Morgan fingerprint density at radius 3 is 2.38 bits per heavy atom. The van der Waals surface area contributed by atoms with Crippen molar-refractivity contribution in [3.8, 4) is 0 Å². The van der Waals surface area contributed by atoms with E-state index in [4.69, 9.17) is 4.74 Å². The number of hydrogen-bond donors (Lipinski definition) is 2. The van der Waals surface area contributed by atoms with Crippen molar-refractivity contribution in [2.45, 2.75) is 45.8 Å². The molecule has 1 amide bonds. The monoisotopic (exact) mass is 495 g/mol. The molecule has 0 bridgehead atoms. The lowest BCUT2D eigenvalue weighted by Crippen LogP contribution is -2.29. The van der Waals surface area contributed by atoms with Gasteiger partial charge in [0.1, 0.15) is 0 Å². The molecule has 0 spiro atoms. The highest BCUT2D eigenvalue weighted by molar-refractivity contribution is 6.37. The quantitative estimate of drug-likeness (QED) is 0.303. The summed E-state index contributed by atoms with van der Waals surface area (Å²) in [5, 5.41) is 6.45. The summed E-state index contributed by atoms with van der Waals surface area (Å²) in [6.07, 6.45) is 3.66. The van der Waals surface area contributed by atoms with Crippen LogP contribution >= 0.6 is 0 Å². The lowest BCUT2D eigenvalue weighted by atomic mass is 9.99. The van der Waals surface area contributed by atoms with Gasteiger partial charge in [0.25, 0.3) is 5.91 Å². The van der Waals surface area contributed by atoms with E-state index in [0.717, 1.165) is 42.1 Å². The molecule has 0 unspecified atom stereocenters. The molecule has 0 radical (unpaired) electrons. The summed E-state index contributed by atoms with van der Waals surface area (Å²) in [7, 11) is 0. The predicted octanol–water partition coefficient (Wildman–Crippen LogP) is 6.17. The zero-order chi connectivity index (χ0) is 25.8. The summed E-state index contributed by atoms with van der Waals surface area (Å²) < 4.78 is 5.32. The number of fused-ring (bicyclic) bond motifs is 1. The molecule has 3 aromatic carbocycles. The van der Waals surface area contributed by atoms with Gasteiger partial charge >= 0.3 is 5.97 Å². The Morgan fingerprint density at radius 1 is 0.946 bits per heavy atom. The minimum absolute atomic E-state index is 0.211. The molecular weight excluding hydrogens is 462 g/mol. The Kier molecular flexibility index (Phi) is 7.37. The number of piperidine rings is 1. The van der Waals surface area contributed by atoms with Gasteiger partial charge in [0.05, 0.1) is 28.6 Å². The van der Waals surface area contributed by atoms with E-state index >= 15 is 0 Å². The molecule has 6 heteroatoms. The maximum atomic E-state index is 13.2. The average molecular weight is 496 g/mol. The molecule has 1 fully saturated rings. The summed E-state index contributed by atoms with van der Waals surface area (Å²) >= 11 is 0. The molecule has 0 aliphatic carbocycles. The highest BCUT2D eigenvalue weighted by Crippen LogP contribution is 2.38. The number of amides is 1. The fourth-order valence-corrected chi connectivity index (χ4v) is 4.93. The molecule has 190 valence electrons. The zero-order valence-electron chi connectivity index (χ0n) is 21.4. The topological polar surface area (TPSA) is 70.7 Å². The summed E-state index contributed by atoms with van der Waals surface area (Å²) in [5.41, 5.74) is 6.12. The van der Waals surface area contributed by atoms with Gasteiger partial charge < -0.3 is 15.4 Å². The van der Waals surface area contributed by atoms with Crippen molar-refractivity contribution in [3.05, 3.63) is 95.1 Å². The van der Waals surface area contributed by atoms with Crippen molar-refractivity contribution in [3.63, 3.8) is 0 Å². The molecule has 2 aliphatic rings. The Labute approximate surface area is 218 Å². The highest BCUT2D eigenvalue weighted by atomic mass is 16.5. The van der Waals surface area contributed by atoms with E-state index in [9.17, 15) is 9.59 Å². The van der Waals surface area contributed by atoms with Gasteiger partial charge in [-0.15, -0.1) is 0 Å². The Balaban J connectivity index is 1.46. The van der Waals surface area contributed by atoms with Gasteiger partial charge in [-0.1, -0.05) is 55.0 Å². The second-order valence-electron chi connectivity index (χ2n) is 9.94. The van der Waals surface area contributed by atoms with Gasteiger partial charge in [0.2, 0.25) is 0 Å². The first kappa shape index (κ1) is 24.8. The maximum absolute atomic E-state index is 13.2. The lowest BCUT2D eigenvalue weighted by molar-refractivity contribution is -0.110. The summed E-state index contributed by atoms with van der Waals surface area (Å²) in [6.45, 7) is 6.91. The van der Waals surface area contributed by atoms with Crippen molar-refractivity contribution in [1.82, 2.24) is 4.90 Å². The Hall–Kier alpha value is -3.90. The smallest absolute Gasteiger partial charge is 0.338 e. The number of esters is 1. The van der Waals surface area contributed by atoms with Crippen LogP contribution in [0.3, 0.4) is 0 Å². The highest BCUT2D eigenvalue weighted by Gasteiger charge is 2.29. The third-order valence-electron chi connectivity index (χ3n) is 6.73. The van der Waals surface area contributed by atoms with Crippen LogP contribution in [0.2, 0.25) is 0 Å². The van der Waals surface area contributed by atoms with Crippen LogP contribution in [0.5, 0.6) is 0 Å². The summed E-state index contributed by atoms with van der Waals surface area (Å²) in [5.74, 6) is -0.618. The minimum atomic E-state index is -0.407. The molecule has 2 heterocycles. The van der Waals surface area contributed by atoms with Crippen LogP contribution in [0.1, 0.15) is 60.2 Å². The van der Waals surface area contributed by atoms with Crippen molar-refractivity contribution < 1.29 is 14.3 Å². The molecule has 1 saturated heterocycles. The van der Waals surface area contributed by atoms with Crippen molar-refractivity contribution in [2.24, 2.45) is 0 Å². The number of ether oxygens (including phenoxy) is 1. The first-order chi connectivity index (χ1) is 18.0. The summed E-state index contributed by atoms with van der Waals surface area (Å²) in [6, 6.07) is 23.5. The second-order valence-corrected chi connectivity index (χ2v) is 9.94. The van der Waals surface area contributed by atoms with Crippen LogP contribution < -0.4 is 10.6 Å². The fourth-order valence-electron chi connectivity index (χ4n) is 4.93. The average Bonchev–Trinajstić information content (AvgIpc) is 3.23. The Morgan fingerprint density at radius 2 is 1.68 bits per heavy atom. The fraction of sp³-hybridized carbons (Fsp3) is 0.290. The van der Waals surface area contributed by atoms with E-state index in [2.05, 4.69) is 39.8 Å². The van der Waals surface area contributed by atoms with Crippen LogP contribution in [0, 0.1) is 0 Å². The molecule has 37 heavy (non-hydrogen) atoms. The first-order valence-corrected chi connectivity index (χ1v) is 13.0. The summed E-state index contributed by atoms with van der Waals surface area (Å²) in [4.78, 5) is 28.2. The maximum Gasteiger partial charge on any atom is 0.338 e. The van der Waals surface area contributed by atoms with E-state index in [0.29, 0.717) is 16.8 Å². The number of nitrogens with zero attached hydrogens (tertiary/aromatic N) is 1. The molecule has 2 aliphatic heterocycles. The SMILES string of the molecule is CC(C)OC(=O)c1ccc2c(c1)NC(=O)C2=C(Nc1ccc(CN2CCCCC2)cc1)c1ccccc1. The molecule has 6 nitrogen and oxygen atoms in total. The molecule has 0 saturated carbocycles. The van der Waals surface area contributed by atoms with Gasteiger partial charge in [-0.2, -0.15) is 0 Å². The van der Waals surface area contributed by atoms with Crippen molar-refractivity contribution >= 4 is 34.5 Å². The Bertz CT molecular complexity index is 1310. The molecule has 0 atom stereocenters. The van der Waals surface area contributed by atoms with Crippen LogP contribution in [-0.4, -0.2) is 36.0 Å². The number of nitrogens with one attached hydrogen (secondary N) is 2. The molecule has 5 rings (SSSR count). The number of anilines is 2. The van der Waals surface area contributed by atoms with Gasteiger partial charge in [-0.05, 0) is 75.2 Å². The van der Waals surface area contributed by atoms with E-state index in [1.54, 1.807) is 12.1 Å². The van der Waals surface area contributed by atoms with Crippen LogP contribution in [-0.2, 0) is 16.1 Å². The van der Waals surface area contributed by atoms with Gasteiger partial charge in [0.15, 0.2) is 0 Å². The number of benzene rings is 3. The molecule has 2 N–H and O–H groups in total. The van der Waals surface area contributed by atoms with E-state index in [1.165, 1.54) is 24.8 Å². The second kappa shape index (κ2) is 11.0. The van der Waals surface area contributed by atoms with Gasteiger partial charge in [-0.25, -0.2) is 4.79 Å². The van der Waals surface area contributed by atoms with Crippen LogP contribution in [0.4, 0.5) is 11.4 Å². The molecular formula is C31H33N3O3. The lowest BCUT2D eigenvalue weighted by Gasteiger charge is -2.26. The minimum Gasteiger partial charge on any atom is -0.459 e. The number of likely N-dealkylation sites (tertiary alicyclic amines) is 1. The molecule has 0 aromatic heterocycles. The van der Waals surface area contributed by atoms with Gasteiger partial charge in [-0.3, -0.25) is 9.69 Å². The number of rotatable bonds is 7. The third-order valence-corrected chi connectivity index (χ3v) is 6.73. The third kappa shape index (κ3) is 5.75. The first-order valence-electron chi connectivity index (χ1n) is 13.0. The number of carbonyl (C=O) groups excluding carboxylic acids is 2. The van der Waals surface area contributed by atoms with Crippen molar-refractivity contribution in [2.75, 3.05) is 23.7 Å². The van der Waals surface area contributed by atoms with E-state index in [1.807, 2.05) is 50.2 Å². The van der Waals surface area contributed by atoms with Crippen LogP contribution in [0.25, 0.3) is 11.3 Å². The molecule has 3 aromatic rings. The standard InChI is InChI=1S/C31H33N3O3/c1-21(2)37-31(36)24-13-16-26-27(19-24)33-30(35)28(26)29(23-9-5-3-6-10-23)32-25-14-11-22(12-15-25)20-34-17-7-4-8-18-34/h3,5-6,9-16,19,21,32H,4,7-8,17-18,20H2,1-2H3,(H,33,35).